The lowest BCUT2D eigenvalue weighted by Crippen LogP contribution is -2.59. The molecular formula is C19H23BrN2O4S. The molecule has 0 unspecified atom stereocenters. The fourth-order valence-electron chi connectivity index (χ4n) is 3.81. The molecule has 2 N–H and O–H groups in total. The lowest BCUT2D eigenvalue weighted by atomic mass is 9.76. The molecule has 0 aliphatic carbocycles. The highest BCUT2D eigenvalue weighted by atomic mass is 79.9. The molecule has 0 bridgehead atoms. The number of hydrogen-bond donors (Lipinski definition) is 2. The third kappa shape index (κ3) is 4.18. The van der Waals surface area contributed by atoms with E-state index in [0.717, 1.165) is 5.56 Å². The van der Waals surface area contributed by atoms with Crippen LogP contribution in [0.2, 0.25) is 0 Å². The summed E-state index contributed by atoms with van der Waals surface area (Å²) in [6.07, 6.45) is 0.136. The molecule has 0 spiro atoms. The van der Waals surface area contributed by atoms with Gasteiger partial charge in [0.05, 0.1) is 19.3 Å². The molecule has 6 nitrogen and oxygen atoms in total. The number of amides is 1. The molecule has 1 saturated heterocycles. The van der Waals surface area contributed by atoms with E-state index in [9.17, 15) is 15.0 Å². The van der Waals surface area contributed by atoms with Gasteiger partial charge in [0, 0.05) is 12.0 Å². The van der Waals surface area contributed by atoms with Gasteiger partial charge in [0.1, 0.15) is 15.1 Å². The van der Waals surface area contributed by atoms with Crippen LogP contribution in [0, 0.1) is 5.92 Å². The van der Waals surface area contributed by atoms with Crippen molar-refractivity contribution < 1.29 is 19.7 Å². The number of rotatable bonds is 6. The van der Waals surface area contributed by atoms with Crippen LogP contribution in [0.25, 0.3) is 0 Å². The molecule has 1 aliphatic heterocycles. The van der Waals surface area contributed by atoms with E-state index >= 15 is 0 Å². The van der Waals surface area contributed by atoms with E-state index in [4.69, 9.17) is 4.74 Å². The minimum atomic E-state index is -1.02. The predicted octanol–water partition coefficient (Wildman–Crippen LogP) is 4.09. The van der Waals surface area contributed by atoms with Crippen molar-refractivity contribution in [2.24, 2.45) is 5.92 Å². The monoisotopic (exact) mass is 454 g/mol. The zero-order valence-electron chi connectivity index (χ0n) is 15.0. The number of aliphatic hydroxyl groups excluding tert-OH is 1. The van der Waals surface area contributed by atoms with Crippen molar-refractivity contribution in [1.29, 1.82) is 0 Å². The van der Waals surface area contributed by atoms with Gasteiger partial charge in [-0.15, -0.1) is 11.3 Å². The zero-order valence-corrected chi connectivity index (χ0v) is 17.4. The summed E-state index contributed by atoms with van der Waals surface area (Å²) in [5.74, 6) is -0.0934. The van der Waals surface area contributed by atoms with Gasteiger partial charge in [0.15, 0.2) is 0 Å². The van der Waals surface area contributed by atoms with Crippen LogP contribution in [0.3, 0.4) is 0 Å². The van der Waals surface area contributed by atoms with Crippen LogP contribution in [-0.4, -0.2) is 45.5 Å². The molecule has 1 amide bonds. The summed E-state index contributed by atoms with van der Waals surface area (Å²) in [6, 6.07) is 9.52. The molecule has 1 aliphatic rings. The van der Waals surface area contributed by atoms with Crippen molar-refractivity contribution in [3.8, 4) is 0 Å². The smallest absolute Gasteiger partial charge is 0.408 e. The second kappa shape index (κ2) is 8.68. The van der Waals surface area contributed by atoms with Crippen LogP contribution in [0.1, 0.15) is 30.3 Å². The Labute approximate surface area is 170 Å². The van der Waals surface area contributed by atoms with Gasteiger partial charge in [-0.1, -0.05) is 30.3 Å². The van der Waals surface area contributed by atoms with E-state index in [2.05, 4.69) is 20.9 Å². The average Bonchev–Trinajstić information content (AvgIpc) is 3.08. The molecule has 2 aromatic rings. The fourth-order valence-corrected chi connectivity index (χ4v) is 5.34. The topological polar surface area (TPSA) is 82.9 Å². The molecular weight excluding hydrogens is 432 g/mol. The SMILES string of the molecule is C[C@H]1C[C@@H](CCO)[C@@](c2nc(Br)cs2)(N(Cc2ccccc2)C(=O)O)CO1. The summed E-state index contributed by atoms with van der Waals surface area (Å²) in [4.78, 5) is 18.4. The van der Waals surface area contributed by atoms with E-state index in [1.54, 1.807) is 0 Å². The first-order valence-corrected chi connectivity index (χ1v) is 10.5. The van der Waals surface area contributed by atoms with Gasteiger partial charge in [-0.3, -0.25) is 4.90 Å². The number of halogens is 1. The molecule has 3 rings (SSSR count). The van der Waals surface area contributed by atoms with Crippen LogP contribution in [-0.2, 0) is 16.8 Å². The maximum atomic E-state index is 12.4. The van der Waals surface area contributed by atoms with Crippen LogP contribution < -0.4 is 0 Å². The van der Waals surface area contributed by atoms with Gasteiger partial charge in [-0.25, -0.2) is 9.78 Å². The fraction of sp³-hybridized carbons (Fsp3) is 0.474. The Hall–Kier alpha value is -1.48. The molecule has 3 atom stereocenters. The molecule has 1 aromatic carbocycles. The van der Waals surface area contributed by atoms with Crippen LogP contribution in [0.15, 0.2) is 40.3 Å². The number of nitrogens with zero attached hydrogens (tertiary/aromatic N) is 2. The van der Waals surface area contributed by atoms with Crippen molar-refractivity contribution in [1.82, 2.24) is 9.88 Å². The Balaban J connectivity index is 2.10. The maximum Gasteiger partial charge on any atom is 0.408 e. The Kier molecular flexibility index (Phi) is 6.52. The molecule has 1 fully saturated rings. The average molecular weight is 455 g/mol. The number of ether oxygens (including phenoxy) is 1. The van der Waals surface area contributed by atoms with E-state index in [0.29, 0.717) is 22.5 Å². The van der Waals surface area contributed by atoms with Crippen LogP contribution in [0.5, 0.6) is 0 Å². The minimum Gasteiger partial charge on any atom is -0.465 e. The number of aromatic nitrogens is 1. The third-order valence-electron chi connectivity index (χ3n) is 5.10. The van der Waals surface area contributed by atoms with Crippen molar-refractivity contribution in [2.45, 2.75) is 38.0 Å². The lowest BCUT2D eigenvalue weighted by molar-refractivity contribution is -0.120. The summed E-state index contributed by atoms with van der Waals surface area (Å²) in [5, 5.41) is 22.4. The molecule has 1 aromatic heterocycles. The first kappa shape index (κ1) is 20.3. The van der Waals surface area contributed by atoms with Crippen molar-refractivity contribution in [3.63, 3.8) is 0 Å². The highest BCUT2D eigenvalue weighted by molar-refractivity contribution is 9.10. The molecule has 27 heavy (non-hydrogen) atoms. The van der Waals surface area contributed by atoms with Gasteiger partial charge < -0.3 is 14.9 Å². The second-order valence-corrected chi connectivity index (χ2v) is 8.49. The quantitative estimate of drug-likeness (QED) is 0.686. The summed E-state index contributed by atoms with van der Waals surface area (Å²) >= 11 is 4.81. The number of carboxylic acid groups (broad SMARTS) is 1. The number of carbonyl (C=O) groups is 1. The van der Waals surface area contributed by atoms with Gasteiger partial charge in [-0.05, 0) is 47.2 Å². The van der Waals surface area contributed by atoms with Gasteiger partial charge in [0.25, 0.3) is 0 Å². The van der Waals surface area contributed by atoms with Gasteiger partial charge in [-0.2, -0.15) is 0 Å². The molecule has 146 valence electrons. The normalized spacial score (nSPS) is 25.3. The number of benzene rings is 1. The number of aliphatic hydroxyl groups is 1. The molecule has 2 heterocycles. The Morgan fingerprint density at radius 1 is 1.44 bits per heavy atom. The Morgan fingerprint density at radius 2 is 2.19 bits per heavy atom. The lowest BCUT2D eigenvalue weighted by Gasteiger charge is -2.50. The summed E-state index contributed by atoms with van der Waals surface area (Å²) < 4.78 is 6.64. The molecule has 8 heteroatoms. The maximum absolute atomic E-state index is 12.4. The van der Waals surface area contributed by atoms with Crippen molar-refractivity contribution >= 4 is 33.4 Å². The second-order valence-electron chi connectivity index (χ2n) is 6.82. The van der Waals surface area contributed by atoms with E-state index in [1.165, 1.54) is 16.2 Å². The summed E-state index contributed by atoms with van der Waals surface area (Å²) in [7, 11) is 0. The van der Waals surface area contributed by atoms with E-state index in [1.807, 2.05) is 42.6 Å². The van der Waals surface area contributed by atoms with Gasteiger partial charge >= 0.3 is 6.09 Å². The zero-order chi connectivity index (χ0) is 19.4. The first-order chi connectivity index (χ1) is 13.0. The molecule has 0 radical (unpaired) electrons. The minimum absolute atomic E-state index is 0.00504. The summed E-state index contributed by atoms with van der Waals surface area (Å²) in [5.41, 5.74) is -0.0376. The van der Waals surface area contributed by atoms with Crippen LogP contribution in [0.4, 0.5) is 4.79 Å². The van der Waals surface area contributed by atoms with E-state index in [-0.39, 0.29) is 31.8 Å². The number of hydrogen-bond acceptors (Lipinski definition) is 5. The molecule has 0 saturated carbocycles. The van der Waals surface area contributed by atoms with Crippen molar-refractivity contribution in [2.75, 3.05) is 13.2 Å². The highest BCUT2D eigenvalue weighted by Crippen LogP contribution is 2.46. The number of thiazole rings is 1. The van der Waals surface area contributed by atoms with Crippen molar-refractivity contribution in [3.05, 3.63) is 50.9 Å². The highest BCUT2D eigenvalue weighted by Gasteiger charge is 2.53. The first-order valence-electron chi connectivity index (χ1n) is 8.86. The third-order valence-corrected chi connectivity index (χ3v) is 6.82. The van der Waals surface area contributed by atoms with Crippen LogP contribution >= 0.6 is 27.3 Å². The summed E-state index contributed by atoms with van der Waals surface area (Å²) in [6.45, 7) is 2.42. The largest absolute Gasteiger partial charge is 0.465 e. The Bertz CT molecular complexity index is 772. The predicted molar refractivity (Wildman–Crippen MR) is 107 cm³/mol. The standard InChI is InChI=1S/C19H23BrN2O4S/c1-13-9-15(7-8-23)19(12-26-13,17-21-16(20)11-27-17)22(18(24)25)10-14-5-3-2-4-6-14/h2-6,11,13,15,23H,7-10,12H2,1H3,(H,24,25)/t13-,15+,19-/m0/s1. The van der Waals surface area contributed by atoms with E-state index < -0.39 is 11.6 Å². The van der Waals surface area contributed by atoms with Gasteiger partial charge in [0.2, 0.25) is 0 Å². The Morgan fingerprint density at radius 3 is 2.78 bits per heavy atom.